The molecule has 1 fully saturated rings. The van der Waals surface area contributed by atoms with Crippen molar-refractivity contribution < 1.29 is 9.53 Å². The quantitative estimate of drug-likeness (QED) is 0.639. The van der Waals surface area contributed by atoms with E-state index in [0.29, 0.717) is 6.54 Å². The van der Waals surface area contributed by atoms with E-state index in [0.717, 1.165) is 32.4 Å². The van der Waals surface area contributed by atoms with Crippen LogP contribution < -0.4 is 10.6 Å². The van der Waals surface area contributed by atoms with Gasteiger partial charge in [0.05, 0.1) is 12.1 Å². The van der Waals surface area contributed by atoms with Crippen molar-refractivity contribution in [2.45, 2.75) is 45.3 Å². The molecule has 0 aromatic carbocycles. The molecule has 1 aliphatic rings. The summed E-state index contributed by atoms with van der Waals surface area (Å²) in [7, 11) is 0. The van der Waals surface area contributed by atoms with Crippen molar-refractivity contribution in [2.24, 2.45) is 0 Å². The van der Waals surface area contributed by atoms with Gasteiger partial charge >= 0.3 is 0 Å². The second-order valence-electron chi connectivity index (χ2n) is 4.21. The van der Waals surface area contributed by atoms with E-state index in [4.69, 9.17) is 4.74 Å². The van der Waals surface area contributed by atoms with E-state index in [2.05, 4.69) is 10.6 Å². The number of nitrogens with one attached hydrogen (secondary N) is 2. The molecule has 0 bridgehead atoms. The minimum atomic E-state index is 0.0380. The summed E-state index contributed by atoms with van der Waals surface area (Å²) in [6.45, 7) is 6.43. The molecule has 1 atom stereocenters. The monoisotopic (exact) mass is 214 g/mol. The first kappa shape index (κ1) is 12.5. The minimum Gasteiger partial charge on any atom is -0.379 e. The maximum Gasteiger partial charge on any atom is 0.237 e. The summed E-state index contributed by atoms with van der Waals surface area (Å²) in [6.07, 6.45) is 3.23. The molecule has 0 aromatic rings. The van der Waals surface area contributed by atoms with Crippen LogP contribution in [0.15, 0.2) is 0 Å². The van der Waals surface area contributed by atoms with Crippen molar-refractivity contribution in [1.82, 2.24) is 10.6 Å². The van der Waals surface area contributed by atoms with Gasteiger partial charge in [0.2, 0.25) is 5.91 Å². The van der Waals surface area contributed by atoms with E-state index in [1.807, 2.05) is 13.8 Å². The highest BCUT2D eigenvalue weighted by atomic mass is 16.5. The zero-order chi connectivity index (χ0) is 11.1. The number of hydrogen-bond acceptors (Lipinski definition) is 3. The largest absolute Gasteiger partial charge is 0.379 e. The molecule has 1 saturated heterocycles. The Morgan fingerprint density at radius 2 is 2.40 bits per heavy atom. The van der Waals surface area contributed by atoms with E-state index >= 15 is 0 Å². The third-order valence-corrected chi connectivity index (χ3v) is 2.45. The minimum absolute atomic E-state index is 0.0380. The Labute approximate surface area is 91.8 Å². The highest BCUT2D eigenvalue weighted by Gasteiger charge is 2.20. The van der Waals surface area contributed by atoms with Crippen molar-refractivity contribution in [3.63, 3.8) is 0 Å². The Balaban J connectivity index is 1.97. The predicted octanol–water partition coefficient (Wildman–Crippen LogP) is 0.670. The third kappa shape index (κ3) is 5.14. The van der Waals surface area contributed by atoms with Crippen LogP contribution in [0.4, 0.5) is 0 Å². The lowest BCUT2D eigenvalue weighted by atomic mass is 10.2. The summed E-state index contributed by atoms with van der Waals surface area (Å²) in [5.74, 6) is 0.136. The number of amides is 1. The molecule has 0 saturated carbocycles. The fourth-order valence-corrected chi connectivity index (χ4v) is 1.63. The van der Waals surface area contributed by atoms with Gasteiger partial charge in [-0.25, -0.2) is 0 Å². The van der Waals surface area contributed by atoms with Gasteiger partial charge in [-0.3, -0.25) is 4.79 Å². The molecule has 0 aromatic heterocycles. The SMILES string of the molecule is CC(C)OCCCNC(=O)C1CCCN1. The average molecular weight is 214 g/mol. The third-order valence-electron chi connectivity index (χ3n) is 2.45. The van der Waals surface area contributed by atoms with Crippen LogP contribution in [0.25, 0.3) is 0 Å². The number of rotatable bonds is 6. The fourth-order valence-electron chi connectivity index (χ4n) is 1.63. The fraction of sp³-hybridized carbons (Fsp3) is 0.909. The summed E-state index contributed by atoms with van der Waals surface area (Å²) in [6, 6.07) is 0.0380. The van der Waals surface area contributed by atoms with Gasteiger partial charge in [-0.05, 0) is 39.7 Å². The molecular formula is C11H22N2O2. The Morgan fingerprint density at radius 3 is 3.00 bits per heavy atom. The van der Waals surface area contributed by atoms with Crippen LogP contribution >= 0.6 is 0 Å². The van der Waals surface area contributed by atoms with Crippen molar-refractivity contribution >= 4 is 5.91 Å². The second kappa shape index (κ2) is 6.80. The Bertz CT molecular complexity index is 189. The summed E-state index contributed by atoms with van der Waals surface area (Å²) >= 11 is 0. The van der Waals surface area contributed by atoms with Crippen molar-refractivity contribution in [2.75, 3.05) is 19.7 Å². The topological polar surface area (TPSA) is 50.4 Å². The van der Waals surface area contributed by atoms with Crippen molar-refractivity contribution in [3.8, 4) is 0 Å². The van der Waals surface area contributed by atoms with Gasteiger partial charge in [0.1, 0.15) is 0 Å². The zero-order valence-electron chi connectivity index (χ0n) is 9.71. The molecule has 1 unspecified atom stereocenters. The molecule has 88 valence electrons. The van der Waals surface area contributed by atoms with Crippen LogP contribution in [-0.4, -0.2) is 37.7 Å². The van der Waals surface area contributed by atoms with Gasteiger partial charge in [-0.15, -0.1) is 0 Å². The van der Waals surface area contributed by atoms with Gasteiger partial charge in [0.15, 0.2) is 0 Å². The van der Waals surface area contributed by atoms with Crippen LogP contribution in [0.3, 0.4) is 0 Å². The standard InChI is InChI=1S/C11H22N2O2/c1-9(2)15-8-4-7-13-11(14)10-5-3-6-12-10/h9-10,12H,3-8H2,1-2H3,(H,13,14). The Hall–Kier alpha value is -0.610. The molecule has 4 heteroatoms. The highest BCUT2D eigenvalue weighted by Crippen LogP contribution is 2.04. The number of ether oxygens (including phenoxy) is 1. The van der Waals surface area contributed by atoms with Gasteiger partial charge in [-0.2, -0.15) is 0 Å². The van der Waals surface area contributed by atoms with E-state index < -0.39 is 0 Å². The van der Waals surface area contributed by atoms with Gasteiger partial charge in [0.25, 0.3) is 0 Å². The molecule has 1 heterocycles. The normalized spacial score (nSPS) is 20.9. The molecule has 1 rings (SSSR count). The first-order chi connectivity index (χ1) is 7.20. The molecule has 2 N–H and O–H groups in total. The molecule has 15 heavy (non-hydrogen) atoms. The van der Waals surface area contributed by atoms with E-state index in [9.17, 15) is 4.79 Å². The zero-order valence-corrected chi connectivity index (χ0v) is 9.71. The molecule has 0 aliphatic carbocycles. The lowest BCUT2D eigenvalue weighted by Crippen LogP contribution is -2.40. The average Bonchev–Trinajstić information content (AvgIpc) is 2.69. The Kier molecular flexibility index (Phi) is 5.65. The number of carbonyl (C=O) groups excluding carboxylic acids is 1. The highest BCUT2D eigenvalue weighted by molar-refractivity contribution is 5.81. The summed E-state index contributed by atoms with van der Waals surface area (Å²) < 4.78 is 5.38. The number of hydrogen-bond donors (Lipinski definition) is 2. The van der Waals surface area contributed by atoms with Crippen LogP contribution in [0, 0.1) is 0 Å². The maximum atomic E-state index is 11.5. The van der Waals surface area contributed by atoms with Crippen molar-refractivity contribution in [3.05, 3.63) is 0 Å². The first-order valence-corrected chi connectivity index (χ1v) is 5.83. The van der Waals surface area contributed by atoms with Gasteiger partial charge in [-0.1, -0.05) is 0 Å². The molecule has 1 aliphatic heterocycles. The molecule has 4 nitrogen and oxygen atoms in total. The van der Waals surface area contributed by atoms with Crippen LogP contribution in [0.1, 0.15) is 33.1 Å². The summed E-state index contributed by atoms with van der Waals surface area (Å²) in [5.41, 5.74) is 0. The molecule has 0 radical (unpaired) electrons. The lowest BCUT2D eigenvalue weighted by molar-refractivity contribution is -0.122. The van der Waals surface area contributed by atoms with Crippen LogP contribution in [0.5, 0.6) is 0 Å². The van der Waals surface area contributed by atoms with Crippen LogP contribution in [0.2, 0.25) is 0 Å². The maximum absolute atomic E-state index is 11.5. The smallest absolute Gasteiger partial charge is 0.237 e. The molecule has 1 amide bonds. The predicted molar refractivity (Wildman–Crippen MR) is 59.7 cm³/mol. The van der Waals surface area contributed by atoms with Gasteiger partial charge < -0.3 is 15.4 Å². The number of carbonyl (C=O) groups is 1. The summed E-state index contributed by atoms with van der Waals surface area (Å²) in [5, 5.41) is 6.09. The van der Waals surface area contributed by atoms with Crippen LogP contribution in [-0.2, 0) is 9.53 Å². The molecular weight excluding hydrogens is 192 g/mol. The van der Waals surface area contributed by atoms with E-state index in [1.54, 1.807) is 0 Å². The van der Waals surface area contributed by atoms with E-state index in [1.165, 1.54) is 0 Å². The Morgan fingerprint density at radius 1 is 1.60 bits per heavy atom. The van der Waals surface area contributed by atoms with E-state index in [-0.39, 0.29) is 18.1 Å². The van der Waals surface area contributed by atoms with Crippen molar-refractivity contribution in [1.29, 1.82) is 0 Å². The second-order valence-corrected chi connectivity index (χ2v) is 4.21. The lowest BCUT2D eigenvalue weighted by Gasteiger charge is -2.11. The molecule has 0 spiro atoms. The summed E-state index contributed by atoms with van der Waals surface area (Å²) in [4.78, 5) is 11.5. The first-order valence-electron chi connectivity index (χ1n) is 5.83. The van der Waals surface area contributed by atoms with Gasteiger partial charge in [0, 0.05) is 13.2 Å².